The molecule has 0 atom stereocenters. The lowest BCUT2D eigenvalue weighted by atomic mass is 10.1. The summed E-state index contributed by atoms with van der Waals surface area (Å²) >= 11 is 0. The number of ether oxygens (including phenoxy) is 1. The number of aromatic nitrogens is 2. The number of aryl methyl sites for hydroxylation is 1. The van der Waals surface area contributed by atoms with E-state index < -0.39 is 23.4 Å². The summed E-state index contributed by atoms with van der Waals surface area (Å²) in [6.45, 7) is 5.88. The first-order valence-corrected chi connectivity index (χ1v) is 10.8. The number of alkyl halides is 3. The van der Waals surface area contributed by atoms with Crippen LogP contribution in [0.1, 0.15) is 45.1 Å². The van der Waals surface area contributed by atoms with E-state index in [1.165, 1.54) is 12.1 Å². The molecule has 0 unspecified atom stereocenters. The molecule has 2 N–H and O–H groups in total. The minimum absolute atomic E-state index is 0.303. The van der Waals surface area contributed by atoms with Gasteiger partial charge >= 0.3 is 12.3 Å². The second kappa shape index (κ2) is 10.6. The molecule has 3 rings (SSSR count). The molecule has 0 fully saturated rings. The first-order chi connectivity index (χ1) is 16.0. The van der Waals surface area contributed by atoms with Crippen LogP contribution in [0.25, 0.3) is 11.5 Å². The summed E-state index contributed by atoms with van der Waals surface area (Å²) < 4.78 is 49.3. The summed E-state index contributed by atoms with van der Waals surface area (Å²) in [5.41, 5.74) is 0.501. The van der Waals surface area contributed by atoms with Crippen molar-refractivity contribution in [2.24, 2.45) is 0 Å². The number of rotatable bonds is 8. The Kier molecular flexibility index (Phi) is 7.80. The number of unbranched alkanes of at least 4 members (excludes halogenated alkanes) is 1. The quantitative estimate of drug-likeness (QED) is 0.369. The molecule has 1 amide bonds. The average molecular weight is 476 g/mol. The molecular formula is C24H27F3N4O3. The molecule has 0 radical (unpaired) electrons. The summed E-state index contributed by atoms with van der Waals surface area (Å²) in [5, 5.41) is 14.0. The molecule has 0 spiro atoms. The Morgan fingerprint density at radius 3 is 2.38 bits per heavy atom. The van der Waals surface area contributed by atoms with Crippen LogP contribution in [0.5, 0.6) is 0 Å². The number of carbonyl (C=O) groups is 1. The lowest BCUT2D eigenvalue weighted by molar-refractivity contribution is -0.137. The van der Waals surface area contributed by atoms with Gasteiger partial charge in [-0.1, -0.05) is 12.1 Å². The predicted octanol–water partition coefficient (Wildman–Crippen LogP) is 6.35. The van der Waals surface area contributed by atoms with Gasteiger partial charge in [-0.15, -0.1) is 10.2 Å². The minimum Gasteiger partial charge on any atom is -0.444 e. The van der Waals surface area contributed by atoms with Crippen molar-refractivity contribution in [3.05, 3.63) is 60.0 Å². The van der Waals surface area contributed by atoms with Gasteiger partial charge < -0.3 is 19.8 Å². The summed E-state index contributed by atoms with van der Waals surface area (Å²) in [5.74, 6) is 0.758. The normalized spacial score (nSPS) is 11.8. The standard InChI is InChI=1S/C24H27F3N4O3/c1-23(2,3)34-22(32)28-15-7-6-10-20-30-31-21(33-20)18-8-4-5-9-19(18)29-17-13-11-16(12-14-17)24(25,26)27/h4-5,8-9,11-14,29H,6-7,10,15H2,1-3H3,(H,28,32). The number of hydrogen-bond acceptors (Lipinski definition) is 6. The molecule has 1 aromatic heterocycles. The number of halogens is 3. The molecule has 0 aliphatic rings. The van der Waals surface area contributed by atoms with Crippen LogP contribution in [0.4, 0.5) is 29.3 Å². The highest BCUT2D eigenvalue weighted by Crippen LogP contribution is 2.32. The van der Waals surface area contributed by atoms with Gasteiger partial charge in [-0.05, 0) is 70.0 Å². The van der Waals surface area contributed by atoms with E-state index in [1.54, 1.807) is 45.0 Å². The SMILES string of the molecule is CC(C)(C)OC(=O)NCCCCc1nnc(-c2ccccc2Nc2ccc(C(F)(F)F)cc2)o1. The summed E-state index contributed by atoms with van der Waals surface area (Å²) in [6, 6.07) is 11.9. The molecular weight excluding hydrogens is 449 g/mol. The van der Waals surface area contributed by atoms with Crippen LogP contribution in [0, 0.1) is 0 Å². The molecule has 1 heterocycles. The Morgan fingerprint density at radius 1 is 1.00 bits per heavy atom. The Labute approximate surface area is 195 Å². The van der Waals surface area contributed by atoms with Gasteiger partial charge in [0.05, 0.1) is 16.8 Å². The van der Waals surface area contributed by atoms with Crippen molar-refractivity contribution in [3.8, 4) is 11.5 Å². The molecule has 0 bridgehead atoms. The molecule has 7 nitrogen and oxygen atoms in total. The van der Waals surface area contributed by atoms with Crippen LogP contribution in [0.15, 0.2) is 52.9 Å². The van der Waals surface area contributed by atoms with Crippen LogP contribution in [0.2, 0.25) is 0 Å². The highest BCUT2D eigenvalue weighted by molar-refractivity contribution is 5.76. The van der Waals surface area contributed by atoms with Gasteiger partial charge in [0, 0.05) is 18.7 Å². The smallest absolute Gasteiger partial charge is 0.416 e. The third-order valence-electron chi connectivity index (χ3n) is 4.60. The first kappa shape index (κ1) is 25.1. The fraction of sp³-hybridized carbons (Fsp3) is 0.375. The number of nitrogens with one attached hydrogen (secondary N) is 2. The Bertz CT molecular complexity index is 1090. The fourth-order valence-corrected chi connectivity index (χ4v) is 3.05. The van der Waals surface area contributed by atoms with Crippen molar-refractivity contribution in [1.29, 1.82) is 0 Å². The van der Waals surface area contributed by atoms with E-state index in [-0.39, 0.29) is 0 Å². The van der Waals surface area contributed by atoms with Crippen molar-refractivity contribution < 1.29 is 27.1 Å². The van der Waals surface area contributed by atoms with E-state index in [1.807, 2.05) is 0 Å². The minimum atomic E-state index is -4.39. The van der Waals surface area contributed by atoms with Gasteiger partial charge in [-0.25, -0.2) is 4.79 Å². The van der Waals surface area contributed by atoms with Gasteiger partial charge in [-0.3, -0.25) is 0 Å². The van der Waals surface area contributed by atoms with Gasteiger partial charge in [-0.2, -0.15) is 13.2 Å². The van der Waals surface area contributed by atoms with Crippen molar-refractivity contribution in [2.45, 2.75) is 51.8 Å². The maximum Gasteiger partial charge on any atom is 0.416 e. The summed E-state index contributed by atoms with van der Waals surface area (Å²) in [6.07, 6.45) is -2.86. The molecule has 3 aromatic rings. The number of alkyl carbamates (subject to hydrolysis) is 1. The van der Waals surface area contributed by atoms with Crippen LogP contribution >= 0.6 is 0 Å². The zero-order valence-electron chi connectivity index (χ0n) is 19.2. The Balaban J connectivity index is 1.56. The largest absolute Gasteiger partial charge is 0.444 e. The molecule has 0 aliphatic heterocycles. The molecule has 182 valence electrons. The first-order valence-electron chi connectivity index (χ1n) is 10.8. The van der Waals surface area contributed by atoms with Gasteiger partial charge in [0.15, 0.2) is 0 Å². The predicted molar refractivity (Wildman–Crippen MR) is 122 cm³/mol. The Morgan fingerprint density at radius 2 is 1.71 bits per heavy atom. The van der Waals surface area contributed by atoms with E-state index in [0.29, 0.717) is 48.1 Å². The highest BCUT2D eigenvalue weighted by atomic mass is 19.4. The molecule has 0 saturated heterocycles. The van der Waals surface area contributed by atoms with Gasteiger partial charge in [0.1, 0.15) is 5.60 Å². The third kappa shape index (κ3) is 7.50. The second-order valence-electron chi connectivity index (χ2n) is 8.63. The number of carbonyl (C=O) groups excluding carboxylic acids is 1. The topological polar surface area (TPSA) is 89.3 Å². The molecule has 10 heteroatoms. The maximum absolute atomic E-state index is 12.8. The van der Waals surface area contributed by atoms with E-state index in [0.717, 1.165) is 18.6 Å². The van der Waals surface area contributed by atoms with E-state index in [4.69, 9.17) is 9.15 Å². The van der Waals surface area contributed by atoms with Crippen LogP contribution in [0.3, 0.4) is 0 Å². The lowest BCUT2D eigenvalue weighted by Crippen LogP contribution is -2.33. The molecule has 34 heavy (non-hydrogen) atoms. The maximum atomic E-state index is 12.8. The molecule has 0 saturated carbocycles. The van der Waals surface area contributed by atoms with Crippen LogP contribution in [-0.4, -0.2) is 28.4 Å². The number of hydrogen-bond donors (Lipinski definition) is 2. The zero-order valence-corrected chi connectivity index (χ0v) is 19.2. The van der Waals surface area contributed by atoms with Gasteiger partial charge in [0.25, 0.3) is 0 Å². The number of nitrogens with zero attached hydrogens (tertiary/aromatic N) is 2. The second-order valence-corrected chi connectivity index (χ2v) is 8.63. The summed E-state index contributed by atoms with van der Waals surface area (Å²) in [4.78, 5) is 11.6. The van der Waals surface area contributed by atoms with Crippen molar-refractivity contribution in [3.63, 3.8) is 0 Å². The number of para-hydroxylation sites is 1. The lowest BCUT2D eigenvalue weighted by Gasteiger charge is -2.19. The van der Waals surface area contributed by atoms with E-state index in [9.17, 15) is 18.0 Å². The fourth-order valence-electron chi connectivity index (χ4n) is 3.05. The monoisotopic (exact) mass is 476 g/mol. The highest BCUT2D eigenvalue weighted by Gasteiger charge is 2.30. The van der Waals surface area contributed by atoms with Crippen molar-refractivity contribution >= 4 is 17.5 Å². The number of benzene rings is 2. The summed E-state index contributed by atoms with van der Waals surface area (Å²) in [7, 11) is 0. The van der Waals surface area contributed by atoms with Crippen LogP contribution in [-0.2, 0) is 17.3 Å². The van der Waals surface area contributed by atoms with E-state index in [2.05, 4.69) is 20.8 Å². The molecule has 0 aliphatic carbocycles. The van der Waals surface area contributed by atoms with Crippen molar-refractivity contribution in [1.82, 2.24) is 15.5 Å². The van der Waals surface area contributed by atoms with Crippen LogP contribution < -0.4 is 10.6 Å². The number of anilines is 2. The van der Waals surface area contributed by atoms with Crippen molar-refractivity contribution in [2.75, 3.05) is 11.9 Å². The molecule has 2 aromatic carbocycles. The number of amides is 1. The van der Waals surface area contributed by atoms with E-state index >= 15 is 0 Å². The Hall–Kier alpha value is -3.56. The zero-order chi connectivity index (χ0) is 24.8. The third-order valence-corrected chi connectivity index (χ3v) is 4.60. The average Bonchev–Trinajstić information content (AvgIpc) is 3.21. The van der Waals surface area contributed by atoms with Gasteiger partial charge in [0.2, 0.25) is 11.8 Å².